The zero-order chi connectivity index (χ0) is 9.84. The largest absolute Gasteiger partial charge is 0.295 e. The highest BCUT2D eigenvalue weighted by Crippen LogP contribution is 2.17. The minimum Gasteiger partial charge on any atom is -0.295 e. The molecule has 0 fully saturated rings. The predicted octanol–water partition coefficient (Wildman–Crippen LogP) is 2.96. The van der Waals surface area contributed by atoms with Gasteiger partial charge in [0.1, 0.15) is 0 Å². The molecule has 1 aliphatic carbocycles. The van der Waals surface area contributed by atoms with E-state index in [1.807, 2.05) is 31.2 Å². The lowest BCUT2D eigenvalue weighted by Crippen LogP contribution is -1.91. The second kappa shape index (κ2) is 4.04. The SMILES string of the molecule is C=C(C)C1=CC=C(C(C)=O)C=CC1. The normalized spacial score (nSPS) is 15.8. The molecule has 0 saturated carbocycles. The van der Waals surface area contributed by atoms with Crippen LogP contribution in [-0.4, -0.2) is 5.78 Å². The van der Waals surface area contributed by atoms with E-state index in [1.165, 1.54) is 5.57 Å². The van der Waals surface area contributed by atoms with Crippen molar-refractivity contribution in [2.45, 2.75) is 20.3 Å². The van der Waals surface area contributed by atoms with E-state index in [0.717, 1.165) is 17.6 Å². The van der Waals surface area contributed by atoms with Crippen LogP contribution in [0.15, 0.2) is 47.6 Å². The number of Topliss-reactive ketones (excluding diaryl/α,β-unsaturated/α-hetero) is 1. The summed E-state index contributed by atoms with van der Waals surface area (Å²) in [4.78, 5) is 11.1. The van der Waals surface area contributed by atoms with Gasteiger partial charge in [0.05, 0.1) is 0 Å². The van der Waals surface area contributed by atoms with E-state index in [9.17, 15) is 4.79 Å². The second-order valence-electron chi connectivity index (χ2n) is 3.26. The minimum atomic E-state index is 0.107. The zero-order valence-electron chi connectivity index (χ0n) is 8.13. The molecule has 0 atom stereocenters. The van der Waals surface area contributed by atoms with Crippen molar-refractivity contribution in [3.05, 3.63) is 47.6 Å². The topological polar surface area (TPSA) is 17.1 Å². The van der Waals surface area contributed by atoms with Gasteiger partial charge in [0.15, 0.2) is 5.78 Å². The van der Waals surface area contributed by atoms with Crippen molar-refractivity contribution in [2.24, 2.45) is 0 Å². The van der Waals surface area contributed by atoms with Crippen molar-refractivity contribution < 1.29 is 4.79 Å². The molecule has 0 bridgehead atoms. The molecule has 0 aliphatic heterocycles. The molecule has 0 unspecified atom stereocenters. The summed E-state index contributed by atoms with van der Waals surface area (Å²) in [5.41, 5.74) is 3.01. The van der Waals surface area contributed by atoms with Crippen LogP contribution in [0, 0.1) is 0 Å². The molecular formula is C12H14O. The smallest absolute Gasteiger partial charge is 0.159 e. The molecule has 0 aromatic carbocycles. The Morgan fingerprint density at radius 2 is 2.08 bits per heavy atom. The Hall–Kier alpha value is -1.37. The van der Waals surface area contributed by atoms with E-state index in [4.69, 9.17) is 0 Å². The van der Waals surface area contributed by atoms with Gasteiger partial charge < -0.3 is 0 Å². The van der Waals surface area contributed by atoms with Crippen molar-refractivity contribution in [3.8, 4) is 0 Å². The third kappa shape index (κ3) is 2.55. The highest BCUT2D eigenvalue weighted by atomic mass is 16.1. The van der Waals surface area contributed by atoms with Crippen molar-refractivity contribution in [1.29, 1.82) is 0 Å². The number of carbonyl (C=O) groups excluding carboxylic acids is 1. The number of hydrogen-bond donors (Lipinski definition) is 0. The van der Waals surface area contributed by atoms with Crippen LogP contribution in [0.5, 0.6) is 0 Å². The van der Waals surface area contributed by atoms with Crippen LogP contribution < -0.4 is 0 Å². The van der Waals surface area contributed by atoms with Gasteiger partial charge in [-0.15, -0.1) is 0 Å². The van der Waals surface area contributed by atoms with Crippen LogP contribution >= 0.6 is 0 Å². The van der Waals surface area contributed by atoms with Gasteiger partial charge in [0.2, 0.25) is 0 Å². The number of allylic oxidation sites excluding steroid dienone is 7. The molecule has 0 amide bonds. The fourth-order valence-electron chi connectivity index (χ4n) is 1.18. The Labute approximate surface area is 79.2 Å². The number of carbonyl (C=O) groups is 1. The average Bonchev–Trinajstić information content (AvgIpc) is 2.27. The van der Waals surface area contributed by atoms with Crippen molar-refractivity contribution in [1.82, 2.24) is 0 Å². The summed E-state index contributed by atoms with van der Waals surface area (Å²) in [7, 11) is 0. The lowest BCUT2D eigenvalue weighted by atomic mass is 10.1. The van der Waals surface area contributed by atoms with Crippen molar-refractivity contribution in [2.75, 3.05) is 0 Å². The molecule has 0 aromatic rings. The number of ketones is 1. The maximum atomic E-state index is 11.1. The highest BCUT2D eigenvalue weighted by Gasteiger charge is 2.02. The molecule has 0 heterocycles. The van der Waals surface area contributed by atoms with Gasteiger partial charge in [-0.3, -0.25) is 4.79 Å². The highest BCUT2D eigenvalue weighted by molar-refractivity contribution is 5.96. The zero-order valence-corrected chi connectivity index (χ0v) is 8.13. The van der Waals surface area contributed by atoms with Crippen LogP contribution in [0.4, 0.5) is 0 Å². The summed E-state index contributed by atoms with van der Waals surface area (Å²) < 4.78 is 0. The first kappa shape index (κ1) is 9.72. The maximum absolute atomic E-state index is 11.1. The summed E-state index contributed by atoms with van der Waals surface area (Å²) in [6, 6.07) is 0. The Bertz CT molecular complexity index is 327. The van der Waals surface area contributed by atoms with Crippen molar-refractivity contribution >= 4 is 5.78 Å². The molecule has 1 aliphatic rings. The molecule has 1 nitrogen and oxygen atoms in total. The van der Waals surface area contributed by atoms with Gasteiger partial charge >= 0.3 is 0 Å². The lowest BCUT2D eigenvalue weighted by Gasteiger charge is -1.99. The fourth-order valence-corrected chi connectivity index (χ4v) is 1.18. The van der Waals surface area contributed by atoms with Gasteiger partial charge in [0.25, 0.3) is 0 Å². The van der Waals surface area contributed by atoms with E-state index >= 15 is 0 Å². The quantitative estimate of drug-likeness (QED) is 0.629. The summed E-state index contributed by atoms with van der Waals surface area (Å²) in [6.45, 7) is 7.43. The van der Waals surface area contributed by atoms with Gasteiger partial charge in [-0.2, -0.15) is 0 Å². The Kier molecular flexibility index (Phi) is 3.02. The second-order valence-corrected chi connectivity index (χ2v) is 3.26. The first-order valence-electron chi connectivity index (χ1n) is 4.35. The third-order valence-corrected chi connectivity index (χ3v) is 2.05. The van der Waals surface area contributed by atoms with Gasteiger partial charge in [0, 0.05) is 5.57 Å². The summed E-state index contributed by atoms with van der Waals surface area (Å²) in [5.74, 6) is 0.107. The third-order valence-electron chi connectivity index (χ3n) is 2.05. The maximum Gasteiger partial charge on any atom is 0.159 e. The predicted molar refractivity (Wildman–Crippen MR) is 55.4 cm³/mol. The van der Waals surface area contributed by atoms with Crippen molar-refractivity contribution in [3.63, 3.8) is 0 Å². The molecule has 68 valence electrons. The minimum absolute atomic E-state index is 0.107. The molecule has 1 rings (SSSR count). The summed E-state index contributed by atoms with van der Waals surface area (Å²) in [5, 5.41) is 0. The monoisotopic (exact) mass is 174 g/mol. The van der Waals surface area contributed by atoms with Gasteiger partial charge in [-0.25, -0.2) is 0 Å². The van der Waals surface area contributed by atoms with E-state index in [1.54, 1.807) is 6.92 Å². The Balaban J connectivity index is 2.95. The van der Waals surface area contributed by atoms with Crippen LogP contribution in [0.3, 0.4) is 0 Å². The van der Waals surface area contributed by atoms with Crippen LogP contribution in [0.1, 0.15) is 20.3 Å². The standard InChI is InChI=1S/C12H14O/c1-9(2)11-5-4-6-12(8-7-11)10(3)13/h4,6-8H,1,5H2,2-3H3. The molecule has 0 spiro atoms. The van der Waals surface area contributed by atoms with Crippen LogP contribution in [0.2, 0.25) is 0 Å². The molecule has 0 aromatic heterocycles. The van der Waals surface area contributed by atoms with E-state index in [-0.39, 0.29) is 5.78 Å². The summed E-state index contributed by atoms with van der Waals surface area (Å²) in [6.07, 6.45) is 8.56. The molecule has 0 radical (unpaired) electrons. The molecule has 13 heavy (non-hydrogen) atoms. The molecule has 0 saturated heterocycles. The Morgan fingerprint density at radius 3 is 2.62 bits per heavy atom. The molecular weight excluding hydrogens is 160 g/mol. The molecule has 1 heteroatoms. The van der Waals surface area contributed by atoms with E-state index < -0.39 is 0 Å². The van der Waals surface area contributed by atoms with E-state index in [0.29, 0.717) is 0 Å². The van der Waals surface area contributed by atoms with E-state index in [2.05, 4.69) is 6.58 Å². The van der Waals surface area contributed by atoms with Crippen LogP contribution in [0.25, 0.3) is 0 Å². The average molecular weight is 174 g/mol. The number of hydrogen-bond acceptors (Lipinski definition) is 1. The summed E-state index contributed by atoms with van der Waals surface area (Å²) >= 11 is 0. The Morgan fingerprint density at radius 1 is 1.38 bits per heavy atom. The van der Waals surface area contributed by atoms with Crippen LogP contribution in [-0.2, 0) is 4.79 Å². The van der Waals surface area contributed by atoms with Gasteiger partial charge in [-0.05, 0) is 25.8 Å². The fraction of sp³-hybridized carbons (Fsp3) is 0.250. The lowest BCUT2D eigenvalue weighted by molar-refractivity contribution is -0.113. The number of rotatable bonds is 2. The molecule has 0 N–H and O–H groups in total. The van der Waals surface area contributed by atoms with Gasteiger partial charge in [-0.1, -0.05) is 36.5 Å². The first-order chi connectivity index (χ1) is 6.11. The first-order valence-corrected chi connectivity index (χ1v) is 4.35.